The molecule has 2 amide bonds. The van der Waals surface area contributed by atoms with Gasteiger partial charge in [0.2, 0.25) is 11.8 Å². The van der Waals surface area contributed by atoms with Crippen LogP contribution in [-0.2, 0) is 9.59 Å². The molecule has 0 aliphatic carbocycles. The van der Waals surface area contributed by atoms with Gasteiger partial charge in [-0.2, -0.15) is 0 Å². The normalized spacial score (nSPS) is 18.0. The number of halogens is 1. The number of hydrogen-bond acceptors (Lipinski definition) is 4. The molecule has 4 rings (SSSR count). The smallest absolute Gasteiger partial charge is 0.229 e. The van der Waals surface area contributed by atoms with Crippen molar-refractivity contribution >= 4 is 23.2 Å². The molecule has 0 aromatic heterocycles. The number of nitrogens with zero attached hydrogens (tertiary/aromatic N) is 1. The van der Waals surface area contributed by atoms with E-state index in [1.807, 2.05) is 36.4 Å². The number of rotatable bonds is 6. The van der Waals surface area contributed by atoms with Crippen LogP contribution in [0.25, 0.3) is 0 Å². The summed E-state index contributed by atoms with van der Waals surface area (Å²) in [6.07, 6.45) is 0.634. The molecule has 0 bridgehead atoms. The third-order valence-electron chi connectivity index (χ3n) is 5.85. The first-order valence-electron chi connectivity index (χ1n) is 10.7. The maximum absolute atomic E-state index is 13.4. The Morgan fingerprint density at radius 3 is 2.06 bits per heavy atom. The summed E-state index contributed by atoms with van der Waals surface area (Å²) in [7, 11) is 3.17. The van der Waals surface area contributed by atoms with Crippen molar-refractivity contribution in [1.29, 1.82) is 0 Å². The van der Waals surface area contributed by atoms with Crippen LogP contribution in [0.4, 0.5) is 15.8 Å². The Morgan fingerprint density at radius 1 is 0.909 bits per heavy atom. The van der Waals surface area contributed by atoms with Gasteiger partial charge in [0, 0.05) is 17.8 Å². The van der Waals surface area contributed by atoms with Crippen LogP contribution in [0.1, 0.15) is 24.4 Å². The molecule has 2 unspecified atom stereocenters. The monoisotopic (exact) mass is 448 g/mol. The molecule has 3 aromatic rings. The molecule has 2 atom stereocenters. The van der Waals surface area contributed by atoms with Crippen molar-refractivity contribution < 1.29 is 23.5 Å². The maximum Gasteiger partial charge on any atom is 0.229 e. The molecular weight excluding hydrogens is 423 g/mol. The van der Waals surface area contributed by atoms with E-state index in [2.05, 4.69) is 5.32 Å². The van der Waals surface area contributed by atoms with Gasteiger partial charge in [-0.3, -0.25) is 9.59 Å². The number of ether oxygens (including phenoxy) is 2. The number of nitrogens with one attached hydrogen (secondary N) is 1. The zero-order valence-corrected chi connectivity index (χ0v) is 18.5. The molecule has 0 saturated carbocycles. The van der Waals surface area contributed by atoms with Crippen LogP contribution in [0.3, 0.4) is 0 Å². The van der Waals surface area contributed by atoms with E-state index < -0.39 is 12.0 Å². The van der Waals surface area contributed by atoms with E-state index in [4.69, 9.17) is 9.47 Å². The Balaban J connectivity index is 1.72. The highest BCUT2D eigenvalue weighted by Gasteiger charge is 2.41. The molecule has 6 nitrogen and oxygen atoms in total. The molecular formula is C26H25FN2O4. The molecule has 1 heterocycles. The summed E-state index contributed by atoms with van der Waals surface area (Å²) in [5.41, 5.74) is 2.00. The quantitative estimate of drug-likeness (QED) is 0.578. The first kappa shape index (κ1) is 22.3. The highest BCUT2D eigenvalue weighted by atomic mass is 19.1. The molecule has 7 heteroatoms. The van der Waals surface area contributed by atoms with Gasteiger partial charge in [0.15, 0.2) is 0 Å². The van der Waals surface area contributed by atoms with Gasteiger partial charge >= 0.3 is 0 Å². The average Bonchev–Trinajstić information content (AvgIpc) is 2.85. The van der Waals surface area contributed by atoms with E-state index in [1.54, 1.807) is 31.3 Å². The van der Waals surface area contributed by atoms with Crippen LogP contribution in [0.5, 0.6) is 11.5 Å². The van der Waals surface area contributed by atoms with Crippen LogP contribution in [0, 0.1) is 11.7 Å². The van der Waals surface area contributed by atoms with E-state index in [0.29, 0.717) is 29.3 Å². The zero-order valence-electron chi connectivity index (χ0n) is 18.5. The molecule has 0 radical (unpaired) electrons. The number of anilines is 2. The largest absolute Gasteiger partial charge is 0.497 e. The minimum atomic E-state index is -0.522. The number of carbonyl (C=O) groups is 2. The van der Waals surface area contributed by atoms with E-state index in [0.717, 1.165) is 5.56 Å². The summed E-state index contributed by atoms with van der Waals surface area (Å²) in [5, 5.41) is 2.88. The lowest BCUT2D eigenvalue weighted by Crippen LogP contribution is -2.46. The molecule has 1 aliphatic rings. The van der Waals surface area contributed by atoms with Crippen molar-refractivity contribution in [3.05, 3.63) is 84.2 Å². The van der Waals surface area contributed by atoms with Crippen molar-refractivity contribution in [2.24, 2.45) is 5.92 Å². The summed E-state index contributed by atoms with van der Waals surface area (Å²) >= 11 is 0. The minimum Gasteiger partial charge on any atom is -0.497 e. The molecule has 1 fully saturated rings. The number of piperidine rings is 1. The van der Waals surface area contributed by atoms with Crippen LogP contribution in [0.2, 0.25) is 0 Å². The Labute approximate surface area is 191 Å². The van der Waals surface area contributed by atoms with Gasteiger partial charge in [0.05, 0.1) is 26.2 Å². The Bertz CT molecular complexity index is 1110. The average molecular weight is 448 g/mol. The van der Waals surface area contributed by atoms with Gasteiger partial charge in [-0.05, 0) is 72.6 Å². The third-order valence-corrected chi connectivity index (χ3v) is 5.85. The molecule has 170 valence electrons. The lowest BCUT2D eigenvalue weighted by Gasteiger charge is -2.41. The van der Waals surface area contributed by atoms with Crippen LogP contribution < -0.4 is 19.7 Å². The third kappa shape index (κ3) is 4.82. The van der Waals surface area contributed by atoms with Crippen molar-refractivity contribution in [1.82, 2.24) is 0 Å². The topological polar surface area (TPSA) is 67.9 Å². The Morgan fingerprint density at radius 2 is 1.48 bits per heavy atom. The van der Waals surface area contributed by atoms with Crippen molar-refractivity contribution in [3.63, 3.8) is 0 Å². The van der Waals surface area contributed by atoms with Crippen molar-refractivity contribution in [2.75, 3.05) is 24.4 Å². The number of amides is 2. The predicted molar refractivity (Wildman–Crippen MR) is 124 cm³/mol. The summed E-state index contributed by atoms with van der Waals surface area (Å²) < 4.78 is 23.8. The molecule has 1 saturated heterocycles. The predicted octanol–water partition coefficient (Wildman–Crippen LogP) is 4.97. The second-order valence-corrected chi connectivity index (χ2v) is 7.82. The van der Waals surface area contributed by atoms with Gasteiger partial charge in [0.25, 0.3) is 0 Å². The van der Waals surface area contributed by atoms with E-state index in [-0.39, 0.29) is 24.1 Å². The van der Waals surface area contributed by atoms with Crippen LogP contribution in [0.15, 0.2) is 72.8 Å². The summed E-state index contributed by atoms with van der Waals surface area (Å²) in [6.45, 7) is 0. The summed E-state index contributed by atoms with van der Waals surface area (Å²) in [6, 6.07) is 19.7. The zero-order chi connectivity index (χ0) is 23.4. The number of carbonyl (C=O) groups excluding carboxylic acids is 2. The SMILES string of the molecule is COc1ccc(C2C(C(=O)Nc3ccc(F)cc3)CCC(=O)N2c2ccc(OC)cc2)cc1. The van der Waals surface area contributed by atoms with E-state index >= 15 is 0 Å². The van der Waals surface area contributed by atoms with Crippen molar-refractivity contribution in [3.8, 4) is 11.5 Å². The van der Waals surface area contributed by atoms with Gasteiger partial charge < -0.3 is 19.7 Å². The lowest BCUT2D eigenvalue weighted by atomic mass is 9.83. The number of hydrogen-bond donors (Lipinski definition) is 1. The standard InChI is InChI=1S/C26H25FN2O4/c1-32-21-11-3-17(4-12-21)25-23(26(31)28-19-7-5-18(27)6-8-19)15-16-24(30)29(25)20-9-13-22(33-2)14-10-20/h3-14,23,25H,15-16H2,1-2H3,(H,28,31). The maximum atomic E-state index is 13.4. The van der Waals surface area contributed by atoms with E-state index in [9.17, 15) is 14.0 Å². The van der Waals surface area contributed by atoms with Gasteiger partial charge in [-0.15, -0.1) is 0 Å². The first-order chi connectivity index (χ1) is 16.0. The fraction of sp³-hybridized carbons (Fsp3) is 0.231. The molecule has 3 aromatic carbocycles. The van der Waals surface area contributed by atoms with Gasteiger partial charge in [-0.1, -0.05) is 12.1 Å². The number of benzene rings is 3. The lowest BCUT2D eigenvalue weighted by molar-refractivity contribution is -0.125. The minimum absolute atomic E-state index is 0.0631. The molecule has 33 heavy (non-hydrogen) atoms. The highest BCUT2D eigenvalue weighted by molar-refractivity contribution is 6.00. The van der Waals surface area contributed by atoms with Crippen molar-refractivity contribution in [2.45, 2.75) is 18.9 Å². The first-order valence-corrected chi connectivity index (χ1v) is 10.7. The second-order valence-electron chi connectivity index (χ2n) is 7.82. The highest BCUT2D eigenvalue weighted by Crippen LogP contribution is 2.41. The number of methoxy groups -OCH3 is 2. The Hall–Kier alpha value is -3.87. The van der Waals surface area contributed by atoms with Gasteiger partial charge in [-0.25, -0.2) is 4.39 Å². The fourth-order valence-corrected chi connectivity index (χ4v) is 4.16. The van der Waals surface area contributed by atoms with E-state index in [1.165, 1.54) is 24.3 Å². The summed E-state index contributed by atoms with van der Waals surface area (Å²) in [4.78, 5) is 28.2. The molecule has 1 aliphatic heterocycles. The molecule has 1 N–H and O–H groups in total. The van der Waals surface area contributed by atoms with Crippen LogP contribution in [-0.4, -0.2) is 26.0 Å². The molecule has 0 spiro atoms. The summed E-state index contributed by atoms with van der Waals surface area (Å²) in [5.74, 6) is 0.181. The Kier molecular flexibility index (Phi) is 6.58. The second kappa shape index (κ2) is 9.73. The van der Waals surface area contributed by atoms with Gasteiger partial charge in [0.1, 0.15) is 17.3 Å². The fourth-order valence-electron chi connectivity index (χ4n) is 4.16. The van der Waals surface area contributed by atoms with Crippen LogP contribution >= 0.6 is 0 Å².